The molecule has 0 aliphatic carbocycles. The number of nitrogens with zero attached hydrogens (tertiary/aromatic N) is 1. The summed E-state index contributed by atoms with van der Waals surface area (Å²) < 4.78 is 22.4. The Morgan fingerprint density at radius 1 is 1.38 bits per heavy atom. The van der Waals surface area contributed by atoms with Gasteiger partial charge in [0.05, 0.1) is 21.7 Å². The summed E-state index contributed by atoms with van der Waals surface area (Å²) in [5.74, 6) is -1.01. The second kappa shape index (κ2) is 8.60. The number of carbonyl (C=O) groups excluding carboxylic acids is 3. The smallest absolute Gasteiger partial charge is 0.359 e. The van der Waals surface area contributed by atoms with Crippen molar-refractivity contribution in [1.29, 1.82) is 0 Å². The Hall–Kier alpha value is -1.04. The highest BCUT2D eigenvalue weighted by atomic mass is 32.2. The Balaban J connectivity index is 1.72. The van der Waals surface area contributed by atoms with Gasteiger partial charge >= 0.3 is 11.9 Å². The number of fused-ring (bicyclic) bond motifs is 1. The summed E-state index contributed by atoms with van der Waals surface area (Å²) in [4.78, 5) is 38.4. The maximum atomic E-state index is 12.7. The Morgan fingerprint density at radius 3 is 2.62 bits per heavy atom. The molecule has 0 bridgehead atoms. The van der Waals surface area contributed by atoms with E-state index in [0.717, 1.165) is 6.42 Å². The molecule has 0 aromatic carbocycles. The van der Waals surface area contributed by atoms with Gasteiger partial charge in [-0.1, -0.05) is 11.8 Å². The average Bonchev–Trinajstić information content (AvgIpc) is 3.15. The minimum atomic E-state index is -0.864. The van der Waals surface area contributed by atoms with E-state index in [-0.39, 0.29) is 22.2 Å². The first-order valence-corrected chi connectivity index (χ1v) is 12.5. The molecule has 3 aliphatic rings. The molecule has 11 heteroatoms. The quantitative estimate of drug-likeness (QED) is 0.355. The number of thioether (sulfide) groups is 2. The van der Waals surface area contributed by atoms with Gasteiger partial charge in [-0.2, -0.15) is 0 Å². The van der Waals surface area contributed by atoms with Crippen LogP contribution in [0.4, 0.5) is 0 Å². The van der Waals surface area contributed by atoms with Crippen LogP contribution in [0.2, 0.25) is 0 Å². The number of ether oxygens (including phenoxy) is 2. The molecule has 1 amide bonds. The molecule has 3 aliphatic heterocycles. The van der Waals surface area contributed by atoms with Crippen molar-refractivity contribution in [2.75, 3.05) is 18.3 Å². The van der Waals surface area contributed by atoms with E-state index >= 15 is 0 Å². The summed E-state index contributed by atoms with van der Waals surface area (Å²) in [6.45, 7) is 6.07. The first-order valence-electron chi connectivity index (χ1n) is 9.28. The van der Waals surface area contributed by atoms with Gasteiger partial charge in [0, 0.05) is 27.6 Å². The summed E-state index contributed by atoms with van der Waals surface area (Å²) in [5.41, 5.74) is -0.604. The van der Waals surface area contributed by atoms with Crippen LogP contribution in [-0.4, -0.2) is 67.1 Å². The van der Waals surface area contributed by atoms with Gasteiger partial charge in [0.15, 0.2) is 5.70 Å². The number of hydrogen-bond donors (Lipinski definition) is 1. The van der Waals surface area contributed by atoms with Gasteiger partial charge in [-0.25, -0.2) is 4.79 Å². The van der Waals surface area contributed by atoms with Crippen LogP contribution in [0.5, 0.6) is 0 Å². The van der Waals surface area contributed by atoms with E-state index in [1.165, 1.54) is 28.4 Å². The van der Waals surface area contributed by atoms with E-state index in [1.807, 2.05) is 0 Å². The fourth-order valence-electron chi connectivity index (χ4n) is 3.13. The molecule has 0 radical (unpaired) electrons. The van der Waals surface area contributed by atoms with Crippen LogP contribution < -0.4 is 0 Å². The third kappa shape index (κ3) is 4.67. The molecule has 0 saturated carbocycles. The molecule has 3 heterocycles. The van der Waals surface area contributed by atoms with Crippen molar-refractivity contribution >= 4 is 52.2 Å². The molecule has 0 aromatic rings. The van der Waals surface area contributed by atoms with Crippen molar-refractivity contribution in [3.63, 3.8) is 0 Å². The number of aliphatic hydroxyl groups is 1. The number of rotatable bonds is 6. The van der Waals surface area contributed by atoms with Crippen LogP contribution in [0.25, 0.3) is 0 Å². The van der Waals surface area contributed by atoms with Crippen molar-refractivity contribution in [3.05, 3.63) is 9.93 Å². The van der Waals surface area contributed by atoms with Crippen LogP contribution in [0.1, 0.15) is 34.1 Å². The summed E-state index contributed by atoms with van der Waals surface area (Å²) >= 11 is 2.78. The van der Waals surface area contributed by atoms with E-state index in [2.05, 4.69) is 0 Å². The normalized spacial score (nSPS) is 30.1. The number of hydrogen-bond acceptors (Lipinski definition) is 9. The standard InChI is InChI=1S/C18H25NO7S3/c1-9(20)11-13(21)19-12(15(22)25-8-26-17(23)18(2,3)4)16(28-14(11)19)27-10-5-6-29(24)7-10/h9-11,14,20H,5-8H2,1-4H3/t9-,10+,11+,14-,29?/m1/s1. The molecule has 0 aromatic heterocycles. The number of β-lactam (4-membered cyclic amide) rings is 1. The molecular weight excluding hydrogens is 438 g/mol. The summed E-state index contributed by atoms with van der Waals surface area (Å²) in [6, 6.07) is 0. The SMILES string of the molecule is C[C@@H](O)[C@H]1C(=O)N2C(C(=O)OCOC(=O)C(C)(C)C)=C(S[C@H]3CCS(=O)C3)S[C@H]12. The number of aliphatic hydroxyl groups excluding tert-OH is 1. The summed E-state index contributed by atoms with van der Waals surface area (Å²) in [5, 5.41) is 9.63. The van der Waals surface area contributed by atoms with Crippen molar-refractivity contribution in [3.8, 4) is 0 Å². The third-order valence-corrected chi connectivity index (χ3v) is 9.31. The Bertz CT molecular complexity index is 774. The molecule has 3 rings (SSSR count). The lowest BCUT2D eigenvalue weighted by Gasteiger charge is -2.43. The molecule has 0 spiro atoms. The molecule has 5 atom stereocenters. The van der Waals surface area contributed by atoms with Gasteiger partial charge in [0.2, 0.25) is 12.7 Å². The molecule has 29 heavy (non-hydrogen) atoms. The van der Waals surface area contributed by atoms with Crippen LogP contribution in [-0.2, 0) is 34.7 Å². The highest BCUT2D eigenvalue weighted by molar-refractivity contribution is 8.23. The van der Waals surface area contributed by atoms with E-state index < -0.39 is 47.0 Å². The van der Waals surface area contributed by atoms with Crippen LogP contribution in [0.15, 0.2) is 9.93 Å². The van der Waals surface area contributed by atoms with Gasteiger partial charge in [0.25, 0.3) is 0 Å². The first-order chi connectivity index (χ1) is 13.5. The molecule has 1 N–H and O–H groups in total. The zero-order chi connectivity index (χ0) is 21.5. The van der Waals surface area contributed by atoms with E-state index in [0.29, 0.717) is 15.7 Å². The molecule has 2 saturated heterocycles. The molecule has 162 valence electrons. The number of carbonyl (C=O) groups is 3. The Kier molecular flexibility index (Phi) is 6.72. The molecule has 8 nitrogen and oxygen atoms in total. The van der Waals surface area contributed by atoms with Gasteiger partial charge < -0.3 is 14.6 Å². The minimum Gasteiger partial charge on any atom is -0.427 e. The minimum absolute atomic E-state index is 0.0960. The maximum Gasteiger partial charge on any atom is 0.359 e. The fraction of sp³-hybridized carbons (Fsp3) is 0.722. The van der Waals surface area contributed by atoms with Crippen LogP contribution in [0.3, 0.4) is 0 Å². The van der Waals surface area contributed by atoms with E-state index in [9.17, 15) is 23.7 Å². The third-order valence-electron chi connectivity index (χ3n) is 4.76. The molecule has 1 unspecified atom stereocenters. The van der Waals surface area contributed by atoms with Gasteiger partial charge in [0.1, 0.15) is 5.37 Å². The fourth-order valence-corrected chi connectivity index (χ4v) is 8.37. The Morgan fingerprint density at radius 2 is 2.07 bits per heavy atom. The summed E-state index contributed by atoms with van der Waals surface area (Å²) in [6.07, 6.45) is -0.0599. The largest absolute Gasteiger partial charge is 0.427 e. The van der Waals surface area contributed by atoms with E-state index in [4.69, 9.17) is 9.47 Å². The summed E-state index contributed by atoms with van der Waals surface area (Å²) in [7, 11) is -0.864. The maximum absolute atomic E-state index is 12.7. The Labute approximate surface area is 180 Å². The van der Waals surface area contributed by atoms with Crippen molar-refractivity contribution in [1.82, 2.24) is 4.90 Å². The van der Waals surface area contributed by atoms with Gasteiger partial charge in [-0.3, -0.25) is 18.7 Å². The second-order valence-corrected chi connectivity index (χ2v) is 12.5. The first kappa shape index (κ1) is 22.6. The number of amides is 1. The number of esters is 2. The lowest BCUT2D eigenvalue weighted by molar-refractivity contribution is -0.174. The zero-order valence-corrected chi connectivity index (χ0v) is 19.2. The molecular formula is C18H25NO7S3. The molecule has 2 fully saturated rings. The second-order valence-electron chi connectivity index (χ2n) is 8.19. The van der Waals surface area contributed by atoms with Crippen molar-refractivity contribution in [2.45, 2.75) is 50.8 Å². The zero-order valence-electron chi connectivity index (χ0n) is 16.7. The van der Waals surface area contributed by atoms with Crippen molar-refractivity contribution in [2.24, 2.45) is 11.3 Å². The van der Waals surface area contributed by atoms with Crippen molar-refractivity contribution < 1.29 is 33.2 Å². The van der Waals surface area contributed by atoms with Crippen LogP contribution in [0, 0.1) is 11.3 Å². The predicted octanol–water partition coefficient (Wildman–Crippen LogP) is 1.41. The van der Waals surface area contributed by atoms with Crippen LogP contribution >= 0.6 is 23.5 Å². The van der Waals surface area contributed by atoms with Gasteiger partial charge in [-0.15, -0.1) is 11.8 Å². The van der Waals surface area contributed by atoms with Gasteiger partial charge in [-0.05, 0) is 34.1 Å². The highest BCUT2D eigenvalue weighted by Gasteiger charge is 2.58. The highest BCUT2D eigenvalue weighted by Crippen LogP contribution is 2.55. The lowest BCUT2D eigenvalue weighted by Crippen LogP contribution is -2.60. The topological polar surface area (TPSA) is 110 Å². The average molecular weight is 464 g/mol. The lowest BCUT2D eigenvalue weighted by atomic mass is 9.92. The van der Waals surface area contributed by atoms with E-state index in [1.54, 1.807) is 27.7 Å². The predicted molar refractivity (Wildman–Crippen MR) is 111 cm³/mol. The monoisotopic (exact) mass is 463 g/mol.